The van der Waals surface area contributed by atoms with Crippen LogP contribution in [0.5, 0.6) is 0 Å². The average Bonchev–Trinajstić information content (AvgIpc) is 2.25. The predicted molar refractivity (Wildman–Crippen MR) is 63.1 cm³/mol. The minimum absolute atomic E-state index is 0.474. The molecule has 1 aromatic rings. The minimum Gasteiger partial charge on any atom is -0.480 e. The molecule has 0 saturated carbocycles. The topological polar surface area (TPSA) is 63.3 Å². The van der Waals surface area contributed by atoms with Gasteiger partial charge in [-0.05, 0) is 17.7 Å². The number of carboxylic acid groups (broad SMARTS) is 1. The van der Waals surface area contributed by atoms with Gasteiger partial charge in [-0.25, -0.2) is 0 Å². The van der Waals surface area contributed by atoms with Gasteiger partial charge in [0.2, 0.25) is 0 Å². The fourth-order valence-electron chi connectivity index (χ4n) is 1.12. The molecule has 3 N–H and O–H groups in total. The molecule has 0 aliphatic heterocycles. The number of carbonyl (C=O) groups is 1. The van der Waals surface area contributed by atoms with Crippen LogP contribution in [0.4, 0.5) is 0 Å². The largest absolute Gasteiger partial charge is 0.480 e. The number of aryl methyl sites for hydroxylation is 1. The Kier molecular flexibility index (Phi) is 5.21. The van der Waals surface area contributed by atoms with Crippen LogP contribution < -0.4 is 5.73 Å². The molecule has 0 amide bonds. The van der Waals surface area contributed by atoms with E-state index < -0.39 is 12.0 Å². The van der Waals surface area contributed by atoms with E-state index in [2.05, 4.69) is 12.1 Å². The maximum atomic E-state index is 10.4. The van der Waals surface area contributed by atoms with Gasteiger partial charge < -0.3 is 10.8 Å². The fourth-order valence-corrected chi connectivity index (χ4v) is 2.06. The molecule has 15 heavy (non-hydrogen) atoms. The third-order valence-electron chi connectivity index (χ3n) is 1.99. The molecule has 1 atom stereocenters. The van der Waals surface area contributed by atoms with Crippen molar-refractivity contribution in [3.8, 4) is 0 Å². The molecule has 0 radical (unpaired) electrons. The highest BCUT2D eigenvalue weighted by atomic mass is 32.2. The van der Waals surface area contributed by atoms with Gasteiger partial charge in [0.1, 0.15) is 6.04 Å². The summed E-state index contributed by atoms with van der Waals surface area (Å²) in [6, 6.07) is 9.38. The van der Waals surface area contributed by atoms with Crippen LogP contribution in [-0.4, -0.2) is 28.6 Å². The van der Waals surface area contributed by atoms with Crippen molar-refractivity contribution in [2.24, 2.45) is 5.73 Å². The van der Waals surface area contributed by atoms with Crippen molar-refractivity contribution in [2.75, 3.05) is 11.5 Å². The maximum absolute atomic E-state index is 10.4. The predicted octanol–water partition coefficient (Wildman–Crippen LogP) is 1.37. The molecule has 1 rings (SSSR count). The highest BCUT2D eigenvalue weighted by Crippen LogP contribution is 2.07. The zero-order chi connectivity index (χ0) is 11.1. The Labute approximate surface area is 93.7 Å². The number of thioether (sulfide) groups is 1. The first-order valence-corrected chi connectivity index (χ1v) is 5.95. The van der Waals surface area contributed by atoms with Crippen LogP contribution in [0, 0.1) is 0 Å². The zero-order valence-corrected chi connectivity index (χ0v) is 9.24. The van der Waals surface area contributed by atoms with E-state index in [4.69, 9.17) is 10.8 Å². The van der Waals surface area contributed by atoms with Gasteiger partial charge in [0.05, 0.1) is 0 Å². The fraction of sp³-hybridized carbons (Fsp3) is 0.364. The van der Waals surface area contributed by atoms with Crippen molar-refractivity contribution in [1.82, 2.24) is 0 Å². The Bertz CT molecular complexity index is 303. The van der Waals surface area contributed by atoms with Crippen LogP contribution in [0.1, 0.15) is 5.56 Å². The molecule has 82 valence electrons. The molecule has 3 nitrogen and oxygen atoms in total. The van der Waals surface area contributed by atoms with Gasteiger partial charge >= 0.3 is 5.97 Å². The Morgan fingerprint density at radius 1 is 1.40 bits per heavy atom. The molecule has 0 aliphatic rings. The van der Waals surface area contributed by atoms with E-state index in [1.807, 2.05) is 18.2 Å². The summed E-state index contributed by atoms with van der Waals surface area (Å²) in [6.07, 6.45) is 0.956. The summed E-state index contributed by atoms with van der Waals surface area (Å²) in [6.45, 7) is 0. The third kappa shape index (κ3) is 4.85. The van der Waals surface area contributed by atoms with Crippen molar-refractivity contribution in [2.45, 2.75) is 12.5 Å². The second-order valence-corrected chi connectivity index (χ2v) is 4.41. The smallest absolute Gasteiger partial charge is 0.321 e. The van der Waals surface area contributed by atoms with E-state index >= 15 is 0 Å². The van der Waals surface area contributed by atoms with E-state index in [1.54, 1.807) is 11.8 Å². The standard InChI is InChI=1S/C11H15NO2S/c12-10(11(13)14)8-15-7-6-9-4-2-1-3-5-9/h1-5,10H,6-8,12H2,(H,13,14)/t10-/m0/s1. The Hall–Kier alpha value is -1.00. The second kappa shape index (κ2) is 6.48. The highest BCUT2D eigenvalue weighted by molar-refractivity contribution is 7.99. The molecule has 0 unspecified atom stereocenters. The van der Waals surface area contributed by atoms with Crippen molar-refractivity contribution in [1.29, 1.82) is 0 Å². The lowest BCUT2D eigenvalue weighted by Crippen LogP contribution is -2.32. The number of benzene rings is 1. The number of aliphatic carboxylic acids is 1. The van der Waals surface area contributed by atoms with Crippen LogP contribution in [0.15, 0.2) is 30.3 Å². The van der Waals surface area contributed by atoms with Crippen molar-refractivity contribution in [3.63, 3.8) is 0 Å². The quantitative estimate of drug-likeness (QED) is 0.718. The van der Waals surface area contributed by atoms with Crippen LogP contribution in [0.2, 0.25) is 0 Å². The number of rotatable bonds is 6. The highest BCUT2D eigenvalue weighted by Gasteiger charge is 2.10. The summed E-state index contributed by atoms with van der Waals surface area (Å²) in [4.78, 5) is 10.4. The SMILES string of the molecule is N[C@@H](CSCCc1ccccc1)C(=O)O. The number of hydrogen-bond acceptors (Lipinski definition) is 3. The van der Waals surface area contributed by atoms with E-state index in [1.165, 1.54) is 5.56 Å². The van der Waals surface area contributed by atoms with E-state index in [0.717, 1.165) is 12.2 Å². The van der Waals surface area contributed by atoms with Gasteiger partial charge in [-0.2, -0.15) is 11.8 Å². The van der Waals surface area contributed by atoms with Crippen LogP contribution in [0.25, 0.3) is 0 Å². The summed E-state index contributed by atoms with van der Waals surface area (Å²) in [7, 11) is 0. The molecule has 0 aromatic heterocycles. The van der Waals surface area contributed by atoms with Gasteiger partial charge in [-0.15, -0.1) is 0 Å². The van der Waals surface area contributed by atoms with Crippen molar-refractivity contribution >= 4 is 17.7 Å². The van der Waals surface area contributed by atoms with Crippen molar-refractivity contribution in [3.05, 3.63) is 35.9 Å². The van der Waals surface area contributed by atoms with E-state index in [0.29, 0.717) is 5.75 Å². The van der Waals surface area contributed by atoms with Crippen LogP contribution >= 0.6 is 11.8 Å². The number of carboxylic acids is 1. The molecule has 4 heteroatoms. The van der Waals surface area contributed by atoms with Gasteiger partial charge in [0.25, 0.3) is 0 Å². The summed E-state index contributed by atoms with van der Waals surface area (Å²) in [5, 5.41) is 8.56. The third-order valence-corrected chi connectivity index (χ3v) is 3.08. The Morgan fingerprint density at radius 3 is 2.67 bits per heavy atom. The molecule has 0 heterocycles. The minimum atomic E-state index is -0.929. The summed E-state index contributed by atoms with van der Waals surface area (Å²) in [5.74, 6) is 0.454. The molecule has 0 spiro atoms. The molecular weight excluding hydrogens is 210 g/mol. The summed E-state index contributed by atoms with van der Waals surface area (Å²) in [5.41, 5.74) is 6.65. The first-order chi connectivity index (χ1) is 7.20. The van der Waals surface area contributed by atoms with Gasteiger partial charge in [0.15, 0.2) is 0 Å². The van der Waals surface area contributed by atoms with Gasteiger partial charge in [-0.1, -0.05) is 30.3 Å². The molecule has 0 bridgehead atoms. The Morgan fingerprint density at radius 2 is 2.07 bits per heavy atom. The number of hydrogen-bond donors (Lipinski definition) is 2. The average molecular weight is 225 g/mol. The first-order valence-electron chi connectivity index (χ1n) is 4.80. The summed E-state index contributed by atoms with van der Waals surface area (Å²) >= 11 is 1.58. The zero-order valence-electron chi connectivity index (χ0n) is 8.43. The van der Waals surface area contributed by atoms with Crippen LogP contribution in [0.3, 0.4) is 0 Å². The molecule has 1 aromatic carbocycles. The van der Waals surface area contributed by atoms with Gasteiger partial charge in [0, 0.05) is 5.75 Å². The molecule has 0 aliphatic carbocycles. The normalized spacial score (nSPS) is 12.3. The monoisotopic (exact) mass is 225 g/mol. The lowest BCUT2D eigenvalue weighted by atomic mass is 10.2. The maximum Gasteiger partial charge on any atom is 0.321 e. The first kappa shape index (κ1) is 12.1. The molecule has 0 fully saturated rings. The Balaban J connectivity index is 2.15. The molecular formula is C11H15NO2S. The second-order valence-electron chi connectivity index (χ2n) is 3.26. The van der Waals surface area contributed by atoms with Crippen LogP contribution in [-0.2, 0) is 11.2 Å². The summed E-state index contributed by atoms with van der Waals surface area (Å²) < 4.78 is 0. The van der Waals surface area contributed by atoms with Crippen molar-refractivity contribution < 1.29 is 9.90 Å². The van der Waals surface area contributed by atoms with Gasteiger partial charge in [-0.3, -0.25) is 4.79 Å². The lowest BCUT2D eigenvalue weighted by Gasteiger charge is -2.05. The molecule has 0 saturated heterocycles. The van der Waals surface area contributed by atoms with E-state index in [9.17, 15) is 4.79 Å². The lowest BCUT2D eigenvalue weighted by molar-refractivity contribution is -0.137. The number of nitrogens with two attached hydrogens (primary N) is 1. The van der Waals surface area contributed by atoms with E-state index in [-0.39, 0.29) is 0 Å².